The summed E-state index contributed by atoms with van der Waals surface area (Å²) in [4.78, 5) is 44.3. The first kappa shape index (κ1) is 16.1. The van der Waals surface area contributed by atoms with E-state index in [4.69, 9.17) is 10.2 Å². The van der Waals surface area contributed by atoms with Gasteiger partial charge in [0.05, 0.1) is 18.8 Å². The van der Waals surface area contributed by atoms with E-state index in [1.165, 1.54) is 0 Å². The number of carboxylic acid groups (broad SMARTS) is 2. The maximum atomic E-state index is 11.5. The summed E-state index contributed by atoms with van der Waals surface area (Å²) in [5, 5.41) is 26.9. The molecule has 112 valence electrons. The predicted molar refractivity (Wildman–Crippen MR) is 62.5 cm³/mol. The van der Waals surface area contributed by atoms with Crippen LogP contribution >= 0.6 is 0 Å². The molecule has 8 nitrogen and oxygen atoms in total. The van der Waals surface area contributed by atoms with E-state index in [1.54, 1.807) is 0 Å². The van der Waals surface area contributed by atoms with Crippen LogP contribution in [-0.4, -0.2) is 44.8 Å². The molecule has 0 bridgehead atoms. The van der Waals surface area contributed by atoms with Crippen molar-refractivity contribution in [2.75, 3.05) is 0 Å². The Balaban J connectivity index is 2.59. The molecule has 1 rings (SSSR count). The highest BCUT2D eigenvalue weighted by Crippen LogP contribution is 2.26. The van der Waals surface area contributed by atoms with Crippen LogP contribution < -0.4 is 0 Å². The average Bonchev–Trinajstić information content (AvgIpc) is 2.80. The molecule has 1 aliphatic carbocycles. The SMILES string of the molecule is O=C(O)CC(O)(CC(=O)OC(=O)C1CCCC1)C(=O)O. The number of hydrogen-bond donors (Lipinski definition) is 3. The summed E-state index contributed by atoms with van der Waals surface area (Å²) < 4.78 is 4.47. The molecule has 0 amide bonds. The second-order valence-electron chi connectivity index (χ2n) is 4.86. The Kier molecular flexibility index (Phi) is 5.20. The average molecular weight is 288 g/mol. The van der Waals surface area contributed by atoms with Gasteiger partial charge in [0.25, 0.3) is 0 Å². The smallest absolute Gasteiger partial charge is 0.336 e. The number of aliphatic carboxylic acids is 2. The van der Waals surface area contributed by atoms with Crippen LogP contribution in [0.4, 0.5) is 0 Å². The van der Waals surface area contributed by atoms with E-state index < -0.39 is 48.2 Å². The first-order chi connectivity index (χ1) is 9.24. The first-order valence-corrected chi connectivity index (χ1v) is 6.16. The fraction of sp³-hybridized carbons (Fsp3) is 0.667. The molecule has 1 atom stereocenters. The van der Waals surface area contributed by atoms with Gasteiger partial charge in [0.1, 0.15) is 0 Å². The summed E-state index contributed by atoms with van der Waals surface area (Å²) in [6, 6.07) is 0. The lowest BCUT2D eigenvalue weighted by Gasteiger charge is -2.20. The first-order valence-electron chi connectivity index (χ1n) is 6.16. The van der Waals surface area contributed by atoms with Crippen molar-refractivity contribution >= 4 is 23.9 Å². The van der Waals surface area contributed by atoms with Crippen LogP contribution in [0, 0.1) is 5.92 Å². The molecule has 3 N–H and O–H groups in total. The van der Waals surface area contributed by atoms with Crippen LogP contribution in [0.15, 0.2) is 0 Å². The normalized spacial score (nSPS) is 18.2. The number of hydrogen-bond acceptors (Lipinski definition) is 6. The van der Waals surface area contributed by atoms with Crippen LogP contribution in [-0.2, 0) is 23.9 Å². The Morgan fingerprint density at radius 1 is 1.05 bits per heavy atom. The molecule has 0 aromatic carbocycles. The largest absolute Gasteiger partial charge is 0.481 e. The van der Waals surface area contributed by atoms with Gasteiger partial charge in [0.15, 0.2) is 5.60 Å². The summed E-state index contributed by atoms with van der Waals surface area (Å²) in [7, 11) is 0. The Labute approximate surface area is 114 Å². The van der Waals surface area contributed by atoms with Gasteiger partial charge < -0.3 is 20.1 Å². The van der Waals surface area contributed by atoms with Gasteiger partial charge in [-0.15, -0.1) is 0 Å². The molecule has 0 spiro atoms. The van der Waals surface area contributed by atoms with Gasteiger partial charge in [0.2, 0.25) is 0 Å². The van der Waals surface area contributed by atoms with Crippen molar-refractivity contribution < 1.29 is 39.2 Å². The molecule has 20 heavy (non-hydrogen) atoms. The molecular formula is C12H16O8. The molecule has 1 saturated carbocycles. The second kappa shape index (κ2) is 6.47. The van der Waals surface area contributed by atoms with Crippen LogP contribution in [0.25, 0.3) is 0 Å². The van der Waals surface area contributed by atoms with Gasteiger partial charge in [-0.25, -0.2) is 4.79 Å². The van der Waals surface area contributed by atoms with Crippen molar-refractivity contribution in [3.63, 3.8) is 0 Å². The quantitative estimate of drug-likeness (QED) is 0.456. The number of carboxylic acids is 2. The predicted octanol–water partition coefficient (Wildman–Crippen LogP) is -0.0731. The summed E-state index contributed by atoms with van der Waals surface area (Å²) in [5.74, 6) is -5.82. The van der Waals surface area contributed by atoms with Gasteiger partial charge in [-0.1, -0.05) is 12.8 Å². The van der Waals surface area contributed by atoms with Gasteiger partial charge in [-0.05, 0) is 12.8 Å². The van der Waals surface area contributed by atoms with Gasteiger partial charge >= 0.3 is 23.9 Å². The van der Waals surface area contributed by atoms with Crippen LogP contribution in [0.1, 0.15) is 38.5 Å². The number of ether oxygens (including phenoxy) is 1. The van der Waals surface area contributed by atoms with E-state index in [-0.39, 0.29) is 0 Å². The molecule has 0 radical (unpaired) electrons. The molecule has 0 saturated heterocycles. The van der Waals surface area contributed by atoms with Gasteiger partial charge in [0, 0.05) is 0 Å². The number of esters is 2. The lowest BCUT2D eigenvalue weighted by Crippen LogP contribution is -2.43. The van der Waals surface area contributed by atoms with Crippen molar-refractivity contribution in [3.05, 3.63) is 0 Å². The summed E-state index contributed by atoms with van der Waals surface area (Å²) in [5.41, 5.74) is -2.78. The minimum Gasteiger partial charge on any atom is -0.481 e. The second-order valence-corrected chi connectivity index (χ2v) is 4.86. The topological polar surface area (TPSA) is 138 Å². The Bertz CT molecular complexity index is 423. The molecule has 0 aromatic rings. The van der Waals surface area contributed by atoms with E-state index in [1.807, 2.05) is 0 Å². The number of carbonyl (C=O) groups excluding carboxylic acids is 2. The van der Waals surface area contributed by atoms with Crippen molar-refractivity contribution in [2.45, 2.75) is 44.1 Å². The van der Waals surface area contributed by atoms with Crippen molar-refractivity contribution in [3.8, 4) is 0 Å². The van der Waals surface area contributed by atoms with Gasteiger partial charge in [-0.3, -0.25) is 14.4 Å². The third-order valence-electron chi connectivity index (χ3n) is 3.18. The Morgan fingerprint density at radius 3 is 2.05 bits per heavy atom. The summed E-state index contributed by atoms with van der Waals surface area (Å²) in [6.07, 6.45) is 0.662. The van der Waals surface area contributed by atoms with Crippen molar-refractivity contribution in [1.82, 2.24) is 0 Å². The number of carbonyl (C=O) groups is 4. The van der Waals surface area contributed by atoms with Crippen LogP contribution in [0.2, 0.25) is 0 Å². The van der Waals surface area contributed by atoms with E-state index in [0.717, 1.165) is 12.8 Å². The highest BCUT2D eigenvalue weighted by molar-refractivity contribution is 5.92. The van der Waals surface area contributed by atoms with E-state index in [9.17, 15) is 24.3 Å². The molecule has 0 aliphatic heterocycles. The maximum absolute atomic E-state index is 11.5. The van der Waals surface area contributed by atoms with E-state index in [2.05, 4.69) is 4.74 Å². The molecule has 0 heterocycles. The van der Waals surface area contributed by atoms with Crippen LogP contribution in [0.3, 0.4) is 0 Å². The minimum absolute atomic E-state index is 0.392. The zero-order valence-corrected chi connectivity index (χ0v) is 10.7. The molecule has 8 heteroatoms. The highest BCUT2D eigenvalue weighted by atomic mass is 16.6. The number of rotatable bonds is 6. The fourth-order valence-electron chi connectivity index (χ4n) is 2.10. The van der Waals surface area contributed by atoms with E-state index >= 15 is 0 Å². The van der Waals surface area contributed by atoms with Crippen molar-refractivity contribution in [1.29, 1.82) is 0 Å². The summed E-state index contributed by atoms with van der Waals surface area (Å²) >= 11 is 0. The Morgan fingerprint density at radius 2 is 1.60 bits per heavy atom. The zero-order chi connectivity index (χ0) is 15.3. The molecule has 1 aliphatic rings. The summed E-state index contributed by atoms with van der Waals surface area (Å²) in [6.45, 7) is 0. The third kappa shape index (κ3) is 4.30. The van der Waals surface area contributed by atoms with Crippen LogP contribution in [0.5, 0.6) is 0 Å². The van der Waals surface area contributed by atoms with Crippen molar-refractivity contribution in [2.24, 2.45) is 5.92 Å². The lowest BCUT2D eigenvalue weighted by atomic mass is 9.96. The zero-order valence-electron chi connectivity index (χ0n) is 10.7. The maximum Gasteiger partial charge on any atom is 0.336 e. The van der Waals surface area contributed by atoms with E-state index in [0.29, 0.717) is 12.8 Å². The Hall–Kier alpha value is -1.96. The highest BCUT2D eigenvalue weighted by Gasteiger charge is 2.42. The third-order valence-corrected chi connectivity index (χ3v) is 3.18. The molecular weight excluding hydrogens is 272 g/mol. The monoisotopic (exact) mass is 288 g/mol. The molecule has 1 unspecified atom stereocenters. The van der Waals surface area contributed by atoms with Gasteiger partial charge in [-0.2, -0.15) is 0 Å². The molecule has 1 fully saturated rings. The molecule has 0 aromatic heterocycles. The fourth-order valence-corrected chi connectivity index (χ4v) is 2.10. The number of aliphatic hydroxyl groups is 1. The standard InChI is InChI=1S/C12H16O8/c13-8(14)5-12(19,11(17)18)6-9(15)20-10(16)7-3-1-2-4-7/h7,19H,1-6H2,(H,13,14)(H,17,18). The minimum atomic E-state index is -2.78. The lowest BCUT2D eigenvalue weighted by molar-refractivity contribution is -0.175.